The highest BCUT2D eigenvalue weighted by molar-refractivity contribution is 5.89. The number of hydrogen-bond donors (Lipinski definition) is 2. The molecule has 7 nitrogen and oxygen atoms in total. The van der Waals surface area contributed by atoms with E-state index in [1.807, 2.05) is 54.7 Å². The molecule has 0 bridgehead atoms. The maximum Gasteiger partial charge on any atom is 0.319 e. The SMILES string of the molecule is O=C(NCc1ccc2c(c1)OCO2)Nc1cccc(-n2cccn2)c1. The molecular formula is C18H16N4O3. The van der Waals surface area contributed by atoms with Crippen molar-refractivity contribution in [3.05, 3.63) is 66.5 Å². The predicted octanol–water partition coefficient (Wildman–Crippen LogP) is 2.92. The summed E-state index contributed by atoms with van der Waals surface area (Å²) in [7, 11) is 0. The molecule has 0 radical (unpaired) electrons. The van der Waals surface area contributed by atoms with E-state index >= 15 is 0 Å². The number of hydrogen-bond acceptors (Lipinski definition) is 4. The number of aromatic nitrogens is 2. The van der Waals surface area contributed by atoms with Gasteiger partial charge in [0.15, 0.2) is 11.5 Å². The Kier molecular flexibility index (Phi) is 3.96. The number of rotatable bonds is 4. The molecule has 7 heteroatoms. The largest absolute Gasteiger partial charge is 0.454 e. The van der Waals surface area contributed by atoms with Gasteiger partial charge >= 0.3 is 6.03 Å². The summed E-state index contributed by atoms with van der Waals surface area (Å²) in [6.45, 7) is 0.626. The fourth-order valence-electron chi connectivity index (χ4n) is 2.56. The average molecular weight is 336 g/mol. The number of carbonyl (C=O) groups is 1. The lowest BCUT2D eigenvalue weighted by molar-refractivity contribution is 0.174. The van der Waals surface area contributed by atoms with Crippen molar-refractivity contribution in [2.45, 2.75) is 6.54 Å². The Morgan fingerprint density at radius 2 is 2.04 bits per heavy atom. The first-order chi connectivity index (χ1) is 12.3. The monoisotopic (exact) mass is 336 g/mol. The summed E-state index contributed by atoms with van der Waals surface area (Å²) in [5.74, 6) is 1.43. The average Bonchev–Trinajstić information content (AvgIpc) is 3.31. The van der Waals surface area contributed by atoms with Gasteiger partial charge in [0.2, 0.25) is 6.79 Å². The van der Waals surface area contributed by atoms with E-state index in [4.69, 9.17) is 9.47 Å². The Balaban J connectivity index is 1.37. The minimum absolute atomic E-state index is 0.235. The summed E-state index contributed by atoms with van der Waals surface area (Å²) >= 11 is 0. The number of urea groups is 1. The molecule has 0 unspecified atom stereocenters. The van der Waals surface area contributed by atoms with Gasteiger partial charge in [-0.05, 0) is 42.0 Å². The first kappa shape index (κ1) is 15.1. The van der Waals surface area contributed by atoms with Crippen LogP contribution in [0, 0.1) is 0 Å². The highest BCUT2D eigenvalue weighted by atomic mass is 16.7. The van der Waals surface area contributed by atoms with Crippen molar-refractivity contribution >= 4 is 11.7 Å². The molecule has 0 spiro atoms. The summed E-state index contributed by atoms with van der Waals surface area (Å²) in [6.07, 6.45) is 3.55. The van der Waals surface area contributed by atoms with Crippen LogP contribution >= 0.6 is 0 Å². The van der Waals surface area contributed by atoms with E-state index in [2.05, 4.69) is 15.7 Å². The van der Waals surface area contributed by atoms with Crippen LogP contribution in [0.4, 0.5) is 10.5 Å². The molecule has 2 aromatic carbocycles. The Bertz CT molecular complexity index is 893. The summed E-state index contributed by atoms with van der Waals surface area (Å²) in [6, 6.07) is 14.6. The summed E-state index contributed by atoms with van der Waals surface area (Å²) in [4.78, 5) is 12.1. The Morgan fingerprint density at radius 3 is 2.92 bits per heavy atom. The number of anilines is 1. The second-order valence-corrected chi connectivity index (χ2v) is 5.50. The summed E-state index contributed by atoms with van der Waals surface area (Å²) in [5.41, 5.74) is 2.50. The van der Waals surface area contributed by atoms with Crippen LogP contribution in [0.5, 0.6) is 11.5 Å². The third kappa shape index (κ3) is 3.40. The topological polar surface area (TPSA) is 77.4 Å². The molecule has 2 amide bonds. The molecule has 4 rings (SSSR count). The van der Waals surface area contributed by atoms with Gasteiger partial charge in [-0.15, -0.1) is 0 Å². The zero-order chi connectivity index (χ0) is 17.1. The van der Waals surface area contributed by atoms with Crippen LogP contribution in [-0.2, 0) is 6.54 Å². The maximum atomic E-state index is 12.1. The number of amides is 2. The Labute approximate surface area is 144 Å². The number of benzene rings is 2. The Hall–Kier alpha value is -3.48. The van der Waals surface area contributed by atoms with E-state index in [1.54, 1.807) is 10.9 Å². The minimum atomic E-state index is -0.282. The molecule has 2 N–H and O–H groups in total. The van der Waals surface area contributed by atoms with Crippen LogP contribution in [-0.4, -0.2) is 22.6 Å². The number of fused-ring (bicyclic) bond motifs is 1. The van der Waals surface area contributed by atoms with Crippen LogP contribution in [0.3, 0.4) is 0 Å². The first-order valence-electron chi connectivity index (χ1n) is 7.81. The van der Waals surface area contributed by atoms with Gasteiger partial charge in [-0.2, -0.15) is 5.10 Å². The molecule has 3 aromatic rings. The van der Waals surface area contributed by atoms with E-state index in [0.29, 0.717) is 18.0 Å². The van der Waals surface area contributed by atoms with Crippen LogP contribution in [0.15, 0.2) is 60.9 Å². The van der Waals surface area contributed by atoms with Gasteiger partial charge in [0.1, 0.15) is 0 Å². The lowest BCUT2D eigenvalue weighted by Gasteiger charge is -2.09. The second-order valence-electron chi connectivity index (χ2n) is 5.50. The quantitative estimate of drug-likeness (QED) is 0.768. The van der Waals surface area contributed by atoms with Crippen molar-refractivity contribution in [1.29, 1.82) is 0 Å². The molecule has 0 fully saturated rings. The lowest BCUT2D eigenvalue weighted by Crippen LogP contribution is -2.28. The van der Waals surface area contributed by atoms with E-state index < -0.39 is 0 Å². The molecule has 1 aromatic heterocycles. The van der Waals surface area contributed by atoms with Gasteiger partial charge < -0.3 is 20.1 Å². The van der Waals surface area contributed by atoms with Crippen molar-refractivity contribution in [3.63, 3.8) is 0 Å². The van der Waals surface area contributed by atoms with Crippen molar-refractivity contribution in [2.75, 3.05) is 12.1 Å². The highest BCUT2D eigenvalue weighted by Gasteiger charge is 2.13. The normalized spacial score (nSPS) is 12.0. The predicted molar refractivity (Wildman–Crippen MR) is 92.0 cm³/mol. The van der Waals surface area contributed by atoms with E-state index in [1.165, 1.54) is 0 Å². The van der Waals surface area contributed by atoms with Crippen molar-refractivity contribution in [2.24, 2.45) is 0 Å². The molecule has 1 aliphatic rings. The number of ether oxygens (including phenoxy) is 2. The van der Waals surface area contributed by atoms with Crippen LogP contribution in [0.25, 0.3) is 5.69 Å². The fraction of sp³-hybridized carbons (Fsp3) is 0.111. The van der Waals surface area contributed by atoms with E-state index in [-0.39, 0.29) is 12.8 Å². The standard InChI is InChI=1S/C18H16N4O3/c23-18(19-11-13-5-6-16-17(9-13)25-12-24-16)21-14-3-1-4-15(10-14)22-8-2-7-20-22/h1-10H,11-12H2,(H2,19,21,23). The first-order valence-corrected chi connectivity index (χ1v) is 7.81. The third-order valence-corrected chi connectivity index (χ3v) is 3.76. The smallest absolute Gasteiger partial charge is 0.319 e. The van der Waals surface area contributed by atoms with E-state index in [9.17, 15) is 4.79 Å². The highest BCUT2D eigenvalue weighted by Crippen LogP contribution is 2.32. The third-order valence-electron chi connectivity index (χ3n) is 3.76. The number of nitrogens with zero attached hydrogens (tertiary/aromatic N) is 2. The maximum absolute atomic E-state index is 12.1. The number of nitrogens with one attached hydrogen (secondary N) is 2. The molecule has 0 aliphatic carbocycles. The minimum Gasteiger partial charge on any atom is -0.454 e. The molecule has 2 heterocycles. The van der Waals surface area contributed by atoms with Gasteiger partial charge in [-0.1, -0.05) is 12.1 Å². The second kappa shape index (κ2) is 6.56. The Morgan fingerprint density at radius 1 is 1.12 bits per heavy atom. The molecule has 0 saturated carbocycles. The van der Waals surface area contributed by atoms with Crippen molar-refractivity contribution in [3.8, 4) is 17.2 Å². The number of carbonyl (C=O) groups excluding carboxylic acids is 1. The van der Waals surface area contributed by atoms with Crippen LogP contribution in [0.1, 0.15) is 5.56 Å². The summed E-state index contributed by atoms with van der Waals surface area (Å²) < 4.78 is 12.3. The zero-order valence-electron chi connectivity index (χ0n) is 13.3. The molecule has 0 saturated heterocycles. The zero-order valence-corrected chi connectivity index (χ0v) is 13.3. The molecular weight excluding hydrogens is 320 g/mol. The van der Waals surface area contributed by atoms with Crippen molar-refractivity contribution < 1.29 is 14.3 Å². The van der Waals surface area contributed by atoms with Crippen LogP contribution < -0.4 is 20.1 Å². The molecule has 126 valence electrons. The van der Waals surface area contributed by atoms with Gasteiger partial charge in [0.05, 0.1) is 5.69 Å². The summed E-state index contributed by atoms with van der Waals surface area (Å²) in [5, 5.41) is 9.82. The van der Waals surface area contributed by atoms with Gasteiger partial charge in [-0.25, -0.2) is 9.48 Å². The molecule has 0 atom stereocenters. The van der Waals surface area contributed by atoms with Crippen molar-refractivity contribution in [1.82, 2.24) is 15.1 Å². The van der Waals surface area contributed by atoms with Gasteiger partial charge in [0.25, 0.3) is 0 Å². The van der Waals surface area contributed by atoms with E-state index in [0.717, 1.165) is 17.0 Å². The van der Waals surface area contributed by atoms with Gasteiger partial charge in [-0.3, -0.25) is 0 Å². The van der Waals surface area contributed by atoms with Gasteiger partial charge in [0, 0.05) is 24.6 Å². The molecule has 25 heavy (non-hydrogen) atoms. The lowest BCUT2D eigenvalue weighted by atomic mass is 10.2. The van der Waals surface area contributed by atoms with Crippen LogP contribution in [0.2, 0.25) is 0 Å². The fourth-order valence-corrected chi connectivity index (χ4v) is 2.56. The molecule has 1 aliphatic heterocycles.